The summed E-state index contributed by atoms with van der Waals surface area (Å²) in [6.07, 6.45) is 6.88. The topological polar surface area (TPSA) is 61.3 Å². The highest BCUT2D eigenvalue weighted by atomic mass is 31.2. The van der Waals surface area contributed by atoms with Crippen LogP contribution in [0.1, 0.15) is 33.1 Å². The number of hydrogen-bond acceptors (Lipinski definition) is 3. The Kier molecular flexibility index (Phi) is 9.63. The molecule has 0 amide bonds. The number of ether oxygens (including phenoxy) is 1. The molecule has 0 saturated carbocycles. The second kappa shape index (κ2) is 10.1. The Labute approximate surface area is 119 Å². The van der Waals surface area contributed by atoms with Crippen LogP contribution in [0.4, 0.5) is 5.69 Å². The van der Waals surface area contributed by atoms with Crippen LogP contribution in [0.2, 0.25) is 0 Å². The second-order valence-electron chi connectivity index (χ2n) is 4.76. The smallest absolute Gasteiger partial charge is 0.119 e. The van der Waals surface area contributed by atoms with Crippen molar-refractivity contribution in [2.24, 2.45) is 5.50 Å². The van der Waals surface area contributed by atoms with Gasteiger partial charge in [-0.1, -0.05) is 13.8 Å². The van der Waals surface area contributed by atoms with Crippen molar-refractivity contribution in [2.75, 3.05) is 31.8 Å². The number of benzene rings is 1. The van der Waals surface area contributed by atoms with Crippen molar-refractivity contribution in [1.82, 2.24) is 0 Å². The molecule has 1 saturated heterocycles. The molecular formula is C15H30N2OP+. The molecular weight excluding hydrogens is 255 g/mol. The third kappa shape index (κ3) is 8.85. The van der Waals surface area contributed by atoms with Gasteiger partial charge in [0.2, 0.25) is 0 Å². The van der Waals surface area contributed by atoms with E-state index in [1.165, 1.54) is 31.6 Å². The number of nitrogen functional groups attached to an aromatic ring is 1. The fourth-order valence-corrected chi connectivity index (χ4v) is 3.95. The minimum absolute atomic E-state index is 0.760. The zero-order valence-corrected chi connectivity index (χ0v) is 13.7. The van der Waals surface area contributed by atoms with Gasteiger partial charge in [0.05, 0.1) is 33.5 Å². The Bertz CT molecular complexity index is 317. The van der Waals surface area contributed by atoms with Gasteiger partial charge in [0.1, 0.15) is 5.75 Å². The van der Waals surface area contributed by atoms with Crippen LogP contribution in [0.3, 0.4) is 0 Å². The van der Waals surface area contributed by atoms with Crippen LogP contribution in [-0.4, -0.2) is 26.1 Å². The third-order valence-electron chi connectivity index (χ3n) is 2.95. The Morgan fingerprint density at radius 2 is 1.47 bits per heavy atom. The predicted molar refractivity (Wildman–Crippen MR) is 89.4 cm³/mol. The maximum atomic E-state index is 5.99. The van der Waals surface area contributed by atoms with E-state index >= 15 is 0 Å². The fraction of sp³-hybridized carbons (Fsp3) is 0.600. The molecule has 110 valence electrons. The first-order valence-electron chi connectivity index (χ1n) is 7.06. The number of hydrogen-bond donors (Lipinski definition) is 2. The molecule has 1 heterocycles. The lowest BCUT2D eigenvalue weighted by atomic mass is 10.3. The average Bonchev–Trinajstić information content (AvgIpc) is 2.42. The van der Waals surface area contributed by atoms with Crippen LogP contribution >= 0.6 is 7.41 Å². The van der Waals surface area contributed by atoms with E-state index in [0.717, 1.165) is 11.4 Å². The molecule has 2 rings (SSSR count). The van der Waals surface area contributed by atoms with Gasteiger partial charge in [-0.2, -0.15) is 0 Å². The summed E-state index contributed by atoms with van der Waals surface area (Å²) in [5, 5.41) is 0. The van der Waals surface area contributed by atoms with Crippen molar-refractivity contribution in [3.8, 4) is 5.75 Å². The monoisotopic (exact) mass is 285 g/mol. The van der Waals surface area contributed by atoms with Gasteiger partial charge >= 0.3 is 0 Å². The van der Waals surface area contributed by atoms with E-state index in [2.05, 4.69) is 6.66 Å². The number of nitrogens with two attached hydrogens (primary N) is 2. The van der Waals surface area contributed by atoms with Crippen LogP contribution in [0.15, 0.2) is 24.3 Å². The second-order valence-corrected chi connectivity index (χ2v) is 8.61. The first-order chi connectivity index (χ1) is 9.03. The molecule has 0 radical (unpaired) electrons. The summed E-state index contributed by atoms with van der Waals surface area (Å²) >= 11 is 0. The third-order valence-corrected chi connectivity index (χ3v) is 5.63. The lowest BCUT2D eigenvalue weighted by Gasteiger charge is -2.21. The van der Waals surface area contributed by atoms with Crippen LogP contribution in [-0.2, 0) is 0 Å². The van der Waals surface area contributed by atoms with Crippen molar-refractivity contribution >= 4 is 13.1 Å². The lowest BCUT2D eigenvalue weighted by Crippen LogP contribution is -2.15. The predicted octanol–water partition coefficient (Wildman–Crippen LogP) is 4.00. The molecule has 4 heteroatoms. The SMILES string of the molecule is CC.COc1ccc(N)cc1.C[P+]1(N)CCCCC1. The van der Waals surface area contributed by atoms with E-state index in [9.17, 15) is 0 Å². The number of methoxy groups -OCH3 is 1. The van der Waals surface area contributed by atoms with E-state index in [1.54, 1.807) is 19.2 Å². The van der Waals surface area contributed by atoms with Gasteiger partial charge < -0.3 is 10.5 Å². The zero-order chi connectivity index (χ0) is 14.7. The quantitative estimate of drug-likeness (QED) is 0.605. The largest absolute Gasteiger partial charge is 0.497 e. The van der Waals surface area contributed by atoms with Crippen molar-refractivity contribution in [2.45, 2.75) is 33.1 Å². The molecule has 0 spiro atoms. The van der Waals surface area contributed by atoms with E-state index in [4.69, 9.17) is 16.0 Å². The van der Waals surface area contributed by atoms with Crippen molar-refractivity contribution < 1.29 is 4.74 Å². The van der Waals surface area contributed by atoms with Gasteiger partial charge in [-0.25, -0.2) is 5.50 Å². The van der Waals surface area contributed by atoms with Gasteiger partial charge in [0.15, 0.2) is 0 Å². The summed E-state index contributed by atoms with van der Waals surface area (Å²) in [5.74, 6) is 0.837. The van der Waals surface area contributed by atoms with Crippen LogP contribution in [0.25, 0.3) is 0 Å². The average molecular weight is 285 g/mol. The van der Waals surface area contributed by atoms with Gasteiger partial charge in [0, 0.05) is 5.69 Å². The molecule has 0 atom stereocenters. The highest BCUT2D eigenvalue weighted by Crippen LogP contribution is 2.50. The number of anilines is 1. The molecule has 0 aromatic heterocycles. The molecule has 1 aromatic rings. The molecule has 19 heavy (non-hydrogen) atoms. The molecule has 4 N–H and O–H groups in total. The van der Waals surface area contributed by atoms with E-state index in [1.807, 2.05) is 26.0 Å². The molecule has 1 aliphatic heterocycles. The molecule has 3 nitrogen and oxygen atoms in total. The standard InChI is InChI=1S/C7H9NO.C6H15NP.C2H6/c1-9-7-4-2-6(8)3-5-7;1-8(7)5-3-2-4-6-8;1-2/h2-5H,8H2,1H3;2-7H2,1H3;1-2H3/q;+1;. The summed E-state index contributed by atoms with van der Waals surface area (Å²) in [4.78, 5) is 0. The first-order valence-corrected chi connectivity index (χ1v) is 9.74. The summed E-state index contributed by atoms with van der Waals surface area (Å²) < 4.78 is 4.91. The van der Waals surface area contributed by atoms with Crippen LogP contribution in [0, 0.1) is 0 Å². The maximum absolute atomic E-state index is 5.99. The first kappa shape index (κ1) is 18.2. The summed E-state index contributed by atoms with van der Waals surface area (Å²) in [5.41, 5.74) is 12.2. The van der Waals surface area contributed by atoms with E-state index in [0.29, 0.717) is 0 Å². The van der Waals surface area contributed by atoms with Gasteiger partial charge in [-0.05, 0) is 43.5 Å². The van der Waals surface area contributed by atoms with E-state index in [-0.39, 0.29) is 0 Å². The minimum atomic E-state index is -0.837. The normalized spacial score (nSPS) is 16.3. The van der Waals surface area contributed by atoms with Crippen molar-refractivity contribution in [1.29, 1.82) is 0 Å². The summed E-state index contributed by atoms with van der Waals surface area (Å²) in [7, 11) is 0.794. The Morgan fingerprint density at radius 1 is 1.00 bits per heavy atom. The zero-order valence-electron chi connectivity index (χ0n) is 12.9. The van der Waals surface area contributed by atoms with Gasteiger partial charge in [-0.3, -0.25) is 0 Å². The lowest BCUT2D eigenvalue weighted by molar-refractivity contribution is 0.415. The molecule has 1 aliphatic rings. The number of rotatable bonds is 1. The van der Waals surface area contributed by atoms with E-state index < -0.39 is 7.41 Å². The maximum Gasteiger partial charge on any atom is 0.119 e. The molecule has 1 fully saturated rings. The van der Waals surface area contributed by atoms with Crippen molar-refractivity contribution in [3.63, 3.8) is 0 Å². The molecule has 0 bridgehead atoms. The Morgan fingerprint density at radius 3 is 1.79 bits per heavy atom. The minimum Gasteiger partial charge on any atom is -0.497 e. The van der Waals surface area contributed by atoms with Gasteiger partial charge in [-0.15, -0.1) is 0 Å². The highest BCUT2D eigenvalue weighted by molar-refractivity contribution is 7.72. The molecule has 1 aromatic carbocycles. The Balaban J connectivity index is 0.000000303. The van der Waals surface area contributed by atoms with Crippen LogP contribution < -0.4 is 16.0 Å². The summed E-state index contributed by atoms with van der Waals surface area (Å²) in [6.45, 7) is 6.27. The highest BCUT2D eigenvalue weighted by Gasteiger charge is 2.27. The summed E-state index contributed by atoms with van der Waals surface area (Å²) in [6, 6.07) is 7.27. The van der Waals surface area contributed by atoms with Gasteiger partial charge in [0.25, 0.3) is 0 Å². The van der Waals surface area contributed by atoms with Crippen LogP contribution in [0.5, 0.6) is 5.75 Å². The van der Waals surface area contributed by atoms with Crippen molar-refractivity contribution in [3.05, 3.63) is 24.3 Å². The molecule has 0 unspecified atom stereocenters. The fourth-order valence-electron chi connectivity index (χ4n) is 1.84. The molecule has 0 aliphatic carbocycles. The Hall–Kier alpha value is -0.790.